The van der Waals surface area contributed by atoms with Gasteiger partial charge in [-0.25, -0.2) is 0 Å². The Bertz CT molecular complexity index is 436. The molecule has 3 nitrogen and oxygen atoms in total. The zero-order chi connectivity index (χ0) is 14.7. The Balaban J connectivity index is 1.60. The Kier molecular flexibility index (Phi) is 4.94. The first kappa shape index (κ1) is 15.0. The van der Waals surface area contributed by atoms with E-state index in [1.54, 1.807) is 0 Å². The van der Waals surface area contributed by atoms with Crippen molar-refractivity contribution in [2.24, 2.45) is 5.92 Å². The van der Waals surface area contributed by atoms with Gasteiger partial charge in [0.15, 0.2) is 0 Å². The molecule has 0 spiro atoms. The summed E-state index contributed by atoms with van der Waals surface area (Å²) in [6.07, 6.45) is 3.25. The maximum Gasteiger partial charge on any atom is 0.0695 e. The molecule has 1 heterocycles. The van der Waals surface area contributed by atoms with Crippen LogP contribution in [0.3, 0.4) is 0 Å². The SMILES string of the molecule is CC1CN(Cc2ccccc2)CCN([C@@H]2CCC[C@H]2O)C1. The lowest BCUT2D eigenvalue weighted by atomic mass is 10.1. The van der Waals surface area contributed by atoms with Gasteiger partial charge in [0, 0.05) is 38.8 Å². The highest BCUT2D eigenvalue weighted by molar-refractivity contribution is 5.14. The van der Waals surface area contributed by atoms with E-state index in [-0.39, 0.29) is 6.10 Å². The number of nitrogens with zero attached hydrogens (tertiary/aromatic N) is 2. The van der Waals surface area contributed by atoms with E-state index >= 15 is 0 Å². The Labute approximate surface area is 128 Å². The van der Waals surface area contributed by atoms with Crippen LogP contribution in [0, 0.1) is 5.92 Å². The van der Waals surface area contributed by atoms with Crippen molar-refractivity contribution in [3.8, 4) is 0 Å². The molecule has 1 aliphatic carbocycles. The molecule has 1 saturated carbocycles. The normalized spacial score (nSPS) is 32.2. The van der Waals surface area contributed by atoms with Crippen molar-refractivity contribution < 1.29 is 5.11 Å². The number of rotatable bonds is 3. The minimum absolute atomic E-state index is 0.0992. The van der Waals surface area contributed by atoms with Crippen LogP contribution in [0.15, 0.2) is 30.3 Å². The van der Waals surface area contributed by atoms with Gasteiger partial charge in [-0.05, 0) is 30.7 Å². The highest BCUT2D eigenvalue weighted by Crippen LogP contribution is 2.26. The molecule has 0 radical (unpaired) electrons. The lowest BCUT2D eigenvalue weighted by molar-refractivity contribution is 0.0680. The fourth-order valence-electron chi connectivity index (χ4n) is 3.98. The van der Waals surface area contributed by atoms with Crippen LogP contribution in [0.4, 0.5) is 0 Å². The number of aliphatic hydroxyl groups excluding tert-OH is 1. The van der Waals surface area contributed by atoms with Crippen LogP contribution in [0.1, 0.15) is 31.7 Å². The molecule has 1 saturated heterocycles. The van der Waals surface area contributed by atoms with Crippen molar-refractivity contribution in [1.82, 2.24) is 9.80 Å². The number of aliphatic hydroxyl groups is 1. The number of hydrogen-bond donors (Lipinski definition) is 1. The fourth-order valence-corrected chi connectivity index (χ4v) is 3.98. The van der Waals surface area contributed by atoms with Gasteiger partial charge in [-0.2, -0.15) is 0 Å². The average Bonchev–Trinajstić information content (AvgIpc) is 2.81. The summed E-state index contributed by atoms with van der Waals surface area (Å²) in [5.41, 5.74) is 1.40. The Morgan fingerprint density at radius 1 is 1.10 bits per heavy atom. The summed E-state index contributed by atoms with van der Waals surface area (Å²) < 4.78 is 0. The summed E-state index contributed by atoms with van der Waals surface area (Å²) >= 11 is 0. The molecule has 1 aromatic rings. The zero-order valence-corrected chi connectivity index (χ0v) is 13.1. The van der Waals surface area contributed by atoms with Gasteiger partial charge in [-0.3, -0.25) is 9.80 Å². The van der Waals surface area contributed by atoms with Crippen LogP contribution < -0.4 is 0 Å². The van der Waals surface area contributed by atoms with Crippen molar-refractivity contribution in [2.75, 3.05) is 26.2 Å². The third kappa shape index (κ3) is 3.85. The molecule has 2 fully saturated rings. The van der Waals surface area contributed by atoms with Crippen LogP contribution in [0.5, 0.6) is 0 Å². The van der Waals surface area contributed by atoms with Crippen molar-refractivity contribution in [3.05, 3.63) is 35.9 Å². The third-order valence-corrected chi connectivity index (χ3v) is 4.98. The first-order chi connectivity index (χ1) is 10.2. The average molecular weight is 288 g/mol. The molecule has 21 heavy (non-hydrogen) atoms. The van der Waals surface area contributed by atoms with Crippen LogP contribution in [-0.4, -0.2) is 53.2 Å². The van der Waals surface area contributed by atoms with E-state index in [1.807, 2.05) is 0 Å². The Hall–Kier alpha value is -0.900. The fraction of sp³-hybridized carbons (Fsp3) is 0.667. The smallest absolute Gasteiger partial charge is 0.0695 e. The molecular weight excluding hydrogens is 260 g/mol. The van der Waals surface area contributed by atoms with Crippen molar-refractivity contribution in [1.29, 1.82) is 0 Å². The summed E-state index contributed by atoms with van der Waals surface area (Å²) in [5.74, 6) is 0.670. The molecule has 3 rings (SSSR count). The summed E-state index contributed by atoms with van der Waals surface area (Å²) in [5, 5.41) is 10.2. The molecule has 1 unspecified atom stereocenters. The Morgan fingerprint density at radius 3 is 2.62 bits per heavy atom. The van der Waals surface area contributed by atoms with Crippen LogP contribution in [-0.2, 0) is 6.54 Å². The summed E-state index contributed by atoms with van der Waals surface area (Å²) in [6.45, 7) is 7.90. The van der Waals surface area contributed by atoms with Gasteiger partial charge in [0.25, 0.3) is 0 Å². The zero-order valence-electron chi connectivity index (χ0n) is 13.1. The van der Waals surface area contributed by atoms with Crippen LogP contribution >= 0.6 is 0 Å². The predicted octanol–water partition coefficient (Wildman–Crippen LogP) is 2.35. The molecule has 2 aliphatic rings. The van der Waals surface area contributed by atoms with Gasteiger partial charge in [0.1, 0.15) is 0 Å². The van der Waals surface area contributed by atoms with Gasteiger partial charge in [0.2, 0.25) is 0 Å². The topological polar surface area (TPSA) is 26.7 Å². The van der Waals surface area contributed by atoms with E-state index < -0.39 is 0 Å². The maximum atomic E-state index is 10.2. The minimum atomic E-state index is -0.0992. The molecule has 3 atom stereocenters. The molecule has 1 N–H and O–H groups in total. The molecular formula is C18H28N2O. The number of hydrogen-bond acceptors (Lipinski definition) is 3. The largest absolute Gasteiger partial charge is 0.391 e. The second kappa shape index (κ2) is 6.91. The maximum absolute atomic E-state index is 10.2. The third-order valence-electron chi connectivity index (χ3n) is 4.98. The van der Waals surface area contributed by atoms with E-state index in [0.717, 1.165) is 39.1 Å². The molecule has 0 aromatic heterocycles. The van der Waals surface area contributed by atoms with E-state index in [1.165, 1.54) is 18.4 Å². The lowest BCUT2D eigenvalue weighted by Crippen LogP contribution is -2.43. The molecule has 3 heteroatoms. The highest BCUT2D eigenvalue weighted by atomic mass is 16.3. The monoisotopic (exact) mass is 288 g/mol. The quantitative estimate of drug-likeness (QED) is 0.925. The first-order valence-corrected chi connectivity index (χ1v) is 8.41. The van der Waals surface area contributed by atoms with Crippen LogP contribution in [0.25, 0.3) is 0 Å². The Morgan fingerprint density at radius 2 is 1.90 bits per heavy atom. The van der Waals surface area contributed by atoms with Gasteiger partial charge in [0.05, 0.1) is 6.10 Å². The molecule has 116 valence electrons. The first-order valence-electron chi connectivity index (χ1n) is 8.41. The number of benzene rings is 1. The van der Waals surface area contributed by atoms with Gasteiger partial charge < -0.3 is 5.11 Å². The van der Waals surface area contributed by atoms with E-state index in [4.69, 9.17) is 0 Å². The lowest BCUT2D eigenvalue weighted by Gasteiger charge is -2.30. The summed E-state index contributed by atoms with van der Waals surface area (Å²) in [7, 11) is 0. The molecule has 1 aromatic carbocycles. The van der Waals surface area contributed by atoms with Crippen LogP contribution in [0.2, 0.25) is 0 Å². The van der Waals surface area contributed by atoms with Crippen molar-refractivity contribution in [3.63, 3.8) is 0 Å². The van der Waals surface area contributed by atoms with Gasteiger partial charge in [-0.15, -0.1) is 0 Å². The molecule has 0 bridgehead atoms. The predicted molar refractivity (Wildman–Crippen MR) is 86.1 cm³/mol. The second-order valence-corrected chi connectivity index (χ2v) is 6.89. The summed E-state index contributed by atoms with van der Waals surface area (Å²) in [4.78, 5) is 5.12. The molecule has 0 amide bonds. The standard InChI is InChI=1S/C18H28N2O/c1-15-12-19(14-16-6-3-2-4-7-16)10-11-20(13-15)17-8-5-9-18(17)21/h2-4,6-7,15,17-18,21H,5,8-14H2,1H3/t15?,17-,18-/m1/s1. The highest BCUT2D eigenvalue weighted by Gasteiger charge is 2.32. The van der Waals surface area contributed by atoms with E-state index in [0.29, 0.717) is 12.0 Å². The van der Waals surface area contributed by atoms with Gasteiger partial charge >= 0.3 is 0 Å². The van der Waals surface area contributed by atoms with Crippen molar-refractivity contribution >= 4 is 0 Å². The van der Waals surface area contributed by atoms with Crippen molar-refractivity contribution in [2.45, 2.75) is 44.9 Å². The van der Waals surface area contributed by atoms with E-state index in [9.17, 15) is 5.11 Å². The minimum Gasteiger partial charge on any atom is -0.391 e. The second-order valence-electron chi connectivity index (χ2n) is 6.89. The molecule has 1 aliphatic heterocycles. The van der Waals surface area contributed by atoms with E-state index in [2.05, 4.69) is 47.1 Å². The van der Waals surface area contributed by atoms with Gasteiger partial charge in [-0.1, -0.05) is 37.3 Å². The summed E-state index contributed by atoms with van der Waals surface area (Å²) in [6, 6.07) is 11.2.